The molecule has 1 aromatic carbocycles. The van der Waals surface area contributed by atoms with Gasteiger partial charge in [-0.05, 0) is 25.5 Å². The van der Waals surface area contributed by atoms with E-state index in [4.69, 9.17) is 4.42 Å². The van der Waals surface area contributed by atoms with Crippen LogP contribution in [0.2, 0.25) is 0 Å². The number of nitrogens with one attached hydrogen (secondary N) is 1. The zero-order chi connectivity index (χ0) is 14.8. The Kier molecular flexibility index (Phi) is 3.94. The number of carbonyl (C=O) groups is 1. The molecule has 0 aliphatic carbocycles. The van der Waals surface area contributed by atoms with Crippen molar-refractivity contribution in [1.82, 2.24) is 9.88 Å². The summed E-state index contributed by atoms with van der Waals surface area (Å²) in [5.41, 5.74) is 0.348. The van der Waals surface area contributed by atoms with Crippen LogP contribution in [0.25, 0.3) is 11.1 Å². The fraction of sp³-hybridized carbons (Fsp3) is 0.429. The molecule has 0 spiro atoms. The van der Waals surface area contributed by atoms with Gasteiger partial charge in [0.05, 0.1) is 17.7 Å². The van der Waals surface area contributed by atoms with E-state index in [1.54, 1.807) is 31.2 Å². The molecule has 0 saturated heterocycles. The summed E-state index contributed by atoms with van der Waals surface area (Å²) >= 11 is 0. The average Bonchev–Trinajstić information content (AvgIpc) is 2.75. The SMILES string of the molecule is CCC(C)(CO)NC(=O)Cn1c(=O)oc2ccccc21. The summed E-state index contributed by atoms with van der Waals surface area (Å²) in [4.78, 5) is 23.8. The first-order chi connectivity index (χ1) is 9.49. The van der Waals surface area contributed by atoms with Gasteiger partial charge in [-0.15, -0.1) is 0 Å². The van der Waals surface area contributed by atoms with Crippen LogP contribution in [-0.4, -0.2) is 27.7 Å². The van der Waals surface area contributed by atoms with Crippen molar-refractivity contribution < 1.29 is 14.3 Å². The summed E-state index contributed by atoms with van der Waals surface area (Å²) < 4.78 is 6.34. The van der Waals surface area contributed by atoms with E-state index in [1.165, 1.54) is 4.57 Å². The van der Waals surface area contributed by atoms with Gasteiger partial charge >= 0.3 is 5.76 Å². The summed E-state index contributed by atoms with van der Waals surface area (Å²) in [6.45, 7) is 3.33. The number of fused-ring (bicyclic) bond motifs is 1. The van der Waals surface area contributed by atoms with Crippen LogP contribution >= 0.6 is 0 Å². The van der Waals surface area contributed by atoms with Gasteiger partial charge in [-0.25, -0.2) is 4.79 Å². The number of carbonyl (C=O) groups excluding carboxylic acids is 1. The zero-order valence-corrected chi connectivity index (χ0v) is 11.5. The second-order valence-corrected chi connectivity index (χ2v) is 5.04. The lowest BCUT2D eigenvalue weighted by atomic mass is 10.0. The number of oxazole rings is 1. The zero-order valence-electron chi connectivity index (χ0n) is 11.5. The number of aliphatic hydroxyl groups excluding tert-OH is 1. The first kappa shape index (κ1) is 14.3. The average molecular weight is 278 g/mol. The van der Waals surface area contributed by atoms with E-state index < -0.39 is 11.3 Å². The molecule has 0 bridgehead atoms. The van der Waals surface area contributed by atoms with E-state index in [2.05, 4.69) is 5.32 Å². The molecule has 108 valence electrons. The molecule has 1 unspecified atom stereocenters. The molecular weight excluding hydrogens is 260 g/mol. The summed E-state index contributed by atoms with van der Waals surface area (Å²) in [5.74, 6) is -0.902. The van der Waals surface area contributed by atoms with E-state index in [1.807, 2.05) is 6.92 Å². The normalized spacial score (nSPS) is 14.2. The maximum atomic E-state index is 12.0. The molecule has 2 aromatic rings. The van der Waals surface area contributed by atoms with Crippen molar-refractivity contribution in [2.75, 3.05) is 6.61 Å². The molecule has 1 aromatic heterocycles. The van der Waals surface area contributed by atoms with Gasteiger partial charge < -0.3 is 14.8 Å². The molecule has 1 atom stereocenters. The summed E-state index contributed by atoms with van der Waals surface area (Å²) in [6, 6.07) is 6.93. The van der Waals surface area contributed by atoms with Gasteiger partial charge in [0.1, 0.15) is 6.54 Å². The van der Waals surface area contributed by atoms with E-state index in [9.17, 15) is 14.7 Å². The van der Waals surface area contributed by atoms with Crippen LogP contribution in [0.15, 0.2) is 33.5 Å². The second kappa shape index (κ2) is 5.50. The van der Waals surface area contributed by atoms with Crippen molar-refractivity contribution in [1.29, 1.82) is 0 Å². The monoisotopic (exact) mass is 278 g/mol. The fourth-order valence-electron chi connectivity index (χ4n) is 1.92. The van der Waals surface area contributed by atoms with Crippen LogP contribution in [-0.2, 0) is 11.3 Å². The van der Waals surface area contributed by atoms with E-state index >= 15 is 0 Å². The lowest BCUT2D eigenvalue weighted by molar-refractivity contribution is -0.124. The Morgan fingerprint density at radius 1 is 1.45 bits per heavy atom. The topological polar surface area (TPSA) is 84.5 Å². The third-order valence-corrected chi connectivity index (χ3v) is 3.45. The van der Waals surface area contributed by atoms with Crippen molar-refractivity contribution in [2.45, 2.75) is 32.4 Å². The van der Waals surface area contributed by atoms with Crippen molar-refractivity contribution >= 4 is 17.0 Å². The van der Waals surface area contributed by atoms with Gasteiger partial charge in [-0.1, -0.05) is 19.1 Å². The van der Waals surface area contributed by atoms with Crippen molar-refractivity contribution in [2.24, 2.45) is 0 Å². The van der Waals surface area contributed by atoms with Crippen LogP contribution in [0.4, 0.5) is 0 Å². The number of aromatic nitrogens is 1. The molecule has 0 aliphatic heterocycles. The van der Waals surface area contributed by atoms with Crippen LogP contribution in [0.5, 0.6) is 0 Å². The maximum absolute atomic E-state index is 12.0. The van der Waals surface area contributed by atoms with Gasteiger partial charge in [0.15, 0.2) is 5.58 Å². The number of benzene rings is 1. The molecule has 0 saturated carbocycles. The molecule has 2 rings (SSSR count). The molecule has 20 heavy (non-hydrogen) atoms. The third-order valence-electron chi connectivity index (χ3n) is 3.45. The Balaban J connectivity index is 2.22. The van der Waals surface area contributed by atoms with Gasteiger partial charge in [0.25, 0.3) is 0 Å². The fourth-order valence-corrected chi connectivity index (χ4v) is 1.92. The van der Waals surface area contributed by atoms with E-state index in [0.717, 1.165) is 0 Å². The van der Waals surface area contributed by atoms with Crippen LogP contribution in [0, 0.1) is 0 Å². The minimum absolute atomic E-state index is 0.133. The second-order valence-electron chi connectivity index (χ2n) is 5.04. The van der Waals surface area contributed by atoms with Crippen molar-refractivity contribution in [3.8, 4) is 0 Å². The van der Waals surface area contributed by atoms with Crippen molar-refractivity contribution in [3.05, 3.63) is 34.8 Å². The quantitative estimate of drug-likeness (QED) is 0.850. The smallest absolute Gasteiger partial charge is 0.408 e. The molecule has 0 radical (unpaired) electrons. The minimum Gasteiger partial charge on any atom is -0.408 e. The highest BCUT2D eigenvalue weighted by atomic mass is 16.4. The molecule has 6 heteroatoms. The number of nitrogens with zero attached hydrogens (tertiary/aromatic N) is 1. The maximum Gasteiger partial charge on any atom is 0.420 e. The number of hydrogen-bond acceptors (Lipinski definition) is 4. The molecule has 2 N–H and O–H groups in total. The number of amides is 1. The van der Waals surface area contributed by atoms with Crippen LogP contribution in [0.1, 0.15) is 20.3 Å². The molecule has 1 amide bonds. The lowest BCUT2D eigenvalue weighted by Crippen LogP contribution is -2.49. The summed E-state index contributed by atoms with van der Waals surface area (Å²) in [5, 5.41) is 12.0. The van der Waals surface area contributed by atoms with Crippen LogP contribution in [0.3, 0.4) is 0 Å². The van der Waals surface area contributed by atoms with E-state index in [0.29, 0.717) is 17.5 Å². The molecule has 0 fully saturated rings. The Morgan fingerprint density at radius 2 is 2.15 bits per heavy atom. The first-order valence-electron chi connectivity index (χ1n) is 6.49. The summed E-state index contributed by atoms with van der Waals surface area (Å²) in [6.07, 6.45) is 0.594. The highest BCUT2D eigenvalue weighted by Crippen LogP contribution is 2.12. The summed E-state index contributed by atoms with van der Waals surface area (Å²) in [7, 11) is 0. The standard InChI is InChI=1S/C14H18N2O4/c1-3-14(2,9-17)15-12(18)8-16-10-6-4-5-7-11(10)20-13(16)19/h4-7,17H,3,8-9H2,1-2H3,(H,15,18). The van der Waals surface area contributed by atoms with E-state index in [-0.39, 0.29) is 19.1 Å². The molecule has 1 heterocycles. The predicted molar refractivity (Wildman–Crippen MR) is 74.4 cm³/mol. The van der Waals surface area contributed by atoms with Gasteiger partial charge in [-0.2, -0.15) is 0 Å². The Hall–Kier alpha value is -2.08. The molecule has 0 aliphatic rings. The molecular formula is C14H18N2O4. The first-order valence-corrected chi connectivity index (χ1v) is 6.49. The number of hydrogen-bond donors (Lipinski definition) is 2. The van der Waals surface area contributed by atoms with Gasteiger partial charge in [0, 0.05) is 0 Å². The van der Waals surface area contributed by atoms with Gasteiger partial charge in [0.2, 0.25) is 5.91 Å². The third kappa shape index (κ3) is 2.75. The number of para-hydroxylation sites is 2. The Labute approximate surface area is 116 Å². The van der Waals surface area contributed by atoms with Crippen molar-refractivity contribution in [3.63, 3.8) is 0 Å². The molecule has 6 nitrogen and oxygen atoms in total. The number of rotatable bonds is 5. The van der Waals surface area contributed by atoms with Crippen LogP contribution < -0.4 is 11.1 Å². The Bertz CT molecular complexity index is 667. The van der Waals surface area contributed by atoms with Gasteiger partial charge in [-0.3, -0.25) is 9.36 Å². The Morgan fingerprint density at radius 3 is 2.80 bits per heavy atom. The minimum atomic E-state index is -0.680. The highest BCUT2D eigenvalue weighted by Gasteiger charge is 2.24. The highest BCUT2D eigenvalue weighted by molar-refractivity contribution is 5.80. The lowest BCUT2D eigenvalue weighted by Gasteiger charge is -2.27. The largest absolute Gasteiger partial charge is 0.420 e. The number of aliphatic hydroxyl groups is 1. The predicted octanol–water partition coefficient (Wildman–Crippen LogP) is 0.872.